The van der Waals surface area contributed by atoms with E-state index in [1.165, 1.54) is 0 Å². The van der Waals surface area contributed by atoms with Crippen molar-refractivity contribution in [1.29, 1.82) is 0 Å². The minimum atomic E-state index is 0.00331. The summed E-state index contributed by atoms with van der Waals surface area (Å²) < 4.78 is 11.0. The van der Waals surface area contributed by atoms with Crippen LogP contribution >= 0.6 is 0 Å². The van der Waals surface area contributed by atoms with Crippen molar-refractivity contribution < 1.29 is 19.4 Å². The molecule has 1 aromatic rings. The highest BCUT2D eigenvalue weighted by Gasteiger charge is 2.23. The molecule has 0 saturated carbocycles. The molecule has 1 atom stereocenters. The smallest absolute Gasteiger partial charge is 0.254 e. The van der Waals surface area contributed by atoms with Crippen molar-refractivity contribution in [3.05, 3.63) is 23.9 Å². The summed E-state index contributed by atoms with van der Waals surface area (Å²) in [5, 5.41) is 8.97. The molecule has 1 amide bonds. The van der Waals surface area contributed by atoms with E-state index in [4.69, 9.17) is 14.6 Å². The summed E-state index contributed by atoms with van der Waals surface area (Å²) in [7, 11) is 0. The zero-order valence-corrected chi connectivity index (χ0v) is 13.2. The molecule has 3 rings (SSSR count). The summed E-state index contributed by atoms with van der Waals surface area (Å²) in [6, 6.07) is 3.43. The largest absolute Gasteiger partial charge is 0.472 e. The van der Waals surface area contributed by atoms with Gasteiger partial charge < -0.3 is 19.5 Å². The minimum Gasteiger partial charge on any atom is -0.472 e. The van der Waals surface area contributed by atoms with Gasteiger partial charge in [0.25, 0.3) is 5.91 Å². The van der Waals surface area contributed by atoms with Crippen molar-refractivity contribution >= 4 is 5.91 Å². The van der Waals surface area contributed by atoms with Crippen LogP contribution in [0.5, 0.6) is 5.88 Å². The Morgan fingerprint density at radius 1 is 1.39 bits per heavy atom. The van der Waals surface area contributed by atoms with Crippen LogP contribution < -0.4 is 4.74 Å². The highest BCUT2D eigenvalue weighted by molar-refractivity contribution is 5.94. The Hall–Kier alpha value is -1.70. The van der Waals surface area contributed by atoms with Gasteiger partial charge in [-0.1, -0.05) is 0 Å². The summed E-state index contributed by atoms with van der Waals surface area (Å²) in [5.41, 5.74) is 0.601. The normalized spacial score (nSPS) is 22.3. The van der Waals surface area contributed by atoms with Crippen LogP contribution in [0.25, 0.3) is 0 Å². The molecule has 126 valence electrons. The summed E-state index contributed by atoms with van der Waals surface area (Å²) >= 11 is 0. The van der Waals surface area contributed by atoms with Crippen molar-refractivity contribution in [3.8, 4) is 5.88 Å². The number of aliphatic hydroxyl groups excluding tert-OH is 1. The van der Waals surface area contributed by atoms with Gasteiger partial charge in [0.2, 0.25) is 5.88 Å². The molecule has 23 heavy (non-hydrogen) atoms. The first kappa shape index (κ1) is 16.2. The van der Waals surface area contributed by atoms with Crippen molar-refractivity contribution in [1.82, 2.24) is 14.8 Å². The maximum atomic E-state index is 12.6. The average Bonchev–Trinajstić information content (AvgIpc) is 3.08. The van der Waals surface area contributed by atoms with Crippen LogP contribution in [-0.4, -0.2) is 84.4 Å². The van der Waals surface area contributed by atoms with Gasteiger partial charge in [0.05, 0.1) is 19.8 Å². The molecule has 0 spiro atoms. The molecule has 1 unspecified atom stereocenters. The fraction of sp³-hybridized carbons (Fsp3) is 0.625. The quantitative estimate of drug-likeness (QED) is 0.823. The highest BCUT2D eigenvalue weighted by Crippen LogP contribution is 2.17. The van der Waals surface area contributed by atoms with Gasteiger partial charge in [-0.2, -0.15) is 0 Å². The van der Waals surface area contributed by atoms with E-state index < -0.39 is 0 Å². The van der Waals surface area contributed by atoms with Gasteiger partial charge in [0.1, 0.15) is 6.10 Å². The van der Waals surface area contributed by atoms with Gasteiger partial charge in [0, 0.05) is 57.0 Å². The molecule has 3 heterocycles. The second kappa shape index (κ2) is 7.72. The third kappa shape index (κ3) is 4.19. The summed E-state index contributed by atoms with van der Waals surface area (Å²) in [6.07, 6.45) is 2.49. The van der Waals surface area contributed by atoms with Crippen LogP contribution in [0.1, 0.15) is 16.8 Å². The minimum absolute atomic E-state index is 0.00331. The number of rotatable bonds is 5. The number of hydrogen-bond acceptors (Lipinski definition) is 6. The molecule has 1 N–H and O–H groups in total. The molecule has 2 aliphatic heterocycles. The molecule has 0 aliphatic carbocycles. The monoisotopic (exact) mass is 321 g/mol. The zero-order chi connectivity index (χ0) is 16.1. The van der Waals surface area contributed by atoms with E-state index in [1.54, 1.807) is 18.3 Å². The Kier molecular flexibility index (Phi) is 5.43. The van der Waals surface area contributed by atoms with Crippen LogP contribution in [0.2, 0.25) is 0 Å². The fourth-order valence-electron chi connectivity index (χ4n) is 2.88. The van der Waals surface area contributed by atoms with Crippen LogP contribution in [0.4, 0.5) is 0 Å². The van der Waals surface area contributed by atoms with E-state index in [1.807, 2.05) is 4.90 Å². The Morgan fingerprint density at radius 3 is 2.91 bits per heavy atom. The number of nitrogens with zero attached hydrogens (tertiary/aromatic N) is 3. The number of piperazine rings is 1. The van der Waals surface area contributed by atoms with Crippen molar-refractivity contribution in [2.45, 2.75) is 12.5 Å². The lowest BCUT2D eigenvalue weighted by Gasteiger charge is -2.34. The van der Waals surface area contributed by atoms with E-state index in [2.05, 4.69) is 9.88 Å². The maximum Gasteiger partial charge on any atom is 0.254 e. The number of aromatic nitrogens is 1. The molecule has 2 aliphatic rings. The topological polar surface area (TPSA) is 75.1 Å². The summed E-state index contributed by atoms with van der Waals surface area (Å²) in [6.45, 7) is 5.04. The van der Waals surface area contributed by atoms with E-state index in [0.717, 1.165) is 19.5 Å². The molecule has 2 fully saturated rings. The molecule has 0 bridgehead atoms. The van der Waals surface area contributed by atoms with Crippen molar-refractivity contribution in [3.63, 3.8) is 0 Å². The van der Waals surface area contributed by atoms with Crippen LogP contribution in [-0.2, 0) is 4.74 Å². The van der Waals surface area contributed by atoms with Gasteiger partial charge in [-0.05, 0) is 6.07 Å². The number of aliphatic hydroxyl groups is 1. The number of ether oxygens (including phenoxy) is 2. The molecule has 2 saturated heterocycles. The Balaban J connectivity index is 1.59. The van der Waals surface area contributed by atoms with Gasteiger partial charge >= 0.3 is 0 Å². The number of pyridine rings is 1. The number of hydrogen-bond donors (Lipinski definition) is 1. The summed E-state index contributed by atoms with van der Waals surface area (Å²) in [4.78, 5) is 20.8. The van der Waals surface area contributed by atoms with Gasteiger partial charge in [-0.3, -0.25) is 9.69 Å². The first-order valence-electron chi connectivity index (χ1n) is 8.09. The van der Waals surface area contributed by atoms with Crippen LogP contribution in [0.3, 0.4) is 0 Å². The second-order valence-electron chi connectivity index (χ2n) is 5.84. The second-order valence-corrected chi connectivity index (χ2v) is 5.84. The molecule has 1 aromatic heterocycles. The third-order valence-corrected chi connectivity index (χ3v) is 4.23. The first-order valence-corrected chi connectivity index (χ1v) is 8.09. The fourth-order valence-corrected chi connectivity index (χ4v) is 2.88. The standard InChI is InChI=1S/C16H23N3O4/c20-9-8-18-4-6-19(7-5-18)16(21)13-1-3-17-15(11-13)23-14-2-10-22-12-14/h1,3,11,14,20H,2,4-10,12H2. The van der Waals surface area contributed by atoms with E-state index in [9.17, 15) is 4.79 Å². The Morgan fingerprint density at radius 2 is 2.22 bits per heavy atom. The molecule has 7 nitrogen and oxygen atoms in total. The van der Waals surface area contributed by atoms with E-state index in [0.29, 0.717) is 44.3 Å². The zero-order valence-electron chi connectivity index (χ0n) is 13.2. The number of carbonyl (C=O) groups excluding carboxylic acids is 1. The SMILES string of the molecule is O=C(c1ccnc(OC2CCOC2)c1)N1CCN(CCO)CC1. The molecular weight excluding hydrogens is 298 g/mol. The lowest BCUT2D eigenvalue weighted by Crippen LogP contribution is -2.49. The van der Waals surface area contributed by atoms with Crippen LogP contribution in [0, 0.1) is 0 Å². The van der Waals surface area contributed by atoms with Gasteiger partial charge in [-0.25, -0.2) is 4.98 Å². The summed E-state index contributed by atoms with van der Waals surface area (Å²) in [5.74, 6) is 0.480. The number of β-amino-alcohol motifs (C(OH)–C–C–N with tert-alkyl or cyclic N) is 1. The highest BCUT2D eigenvalue weighted by atomic mass is 16.5. The van der Waals surface area contributed by atoms with Crippen molar-refractivity contribution in [2.75, 3.05) is 52.5 Å². The molecular formula is C16H23N3O4. The van der Waals surface area contributed by atoms with Gasteiger partial charge in [0.15, 0.2) is 0 Å². The van der Waals surface area contributed by atoms with Crippen LogP contribution in [0.15, 0.2) is 18.3 Å². The maximum absolute atomic E-state index is 12.6. The lowest BCUT2D eigenvalue weighted by molar-refractivity contribution is 0.0614. The third-order valence-electron chi connectivity index (χ3n) is 4.23. The van der Waals surface area contributed by atoms with Crippen molar-refractivity contribution in [2.24, 2.45) is 0 Å². The first-order chi connectivity index (χ1) is 11.3. The lowest BCUT2D eigenvalue weighted by atomic mass is 10.2. The predicted octanol–water partition coefficient (Wildman–Crippen LogP) is -0.000600. The van der Waals surface area contributed by atoms with Gasteiger partial charge in [-0.15, -0.1) is 0 Å². The van der Waals surface area contributed by atoms with E-state index >= 15 is 0 Å². The molecule has 0 aromatic carbocycles. The predicted molar refractivity (Wildman–Crippen MR) is 83.5 cm³/mol. The number of carbonyl (C=O) groups is 1. The average molecular weight is 321 g/mol. The van der Waals surface area contributed by atoms with E-state index in [-0.39, 0.29) is 18.6 Å². The Bertz CT molecular complexity index is 526. The molecule has 0 radical (unpaired) electrons. The number of amides is 1. The Labute approximate surface area is 135 Å². The molecule has 7 heteroatoms.